The summed E-state index contributed by atoms with van der Waals surface area (Å²) in [6.07, 6.45) is 0. The van der Waals surface area contributed by atoms with Gasteiger partial charge in [0.25, 0.3) is 0 Å². The Morgan fingerprint density at radius 2 is 1.75 bits per heavy atom. The van der Waals surface area contributed by atoms with Crippen LogP contribution in [0.4, 0.5) is 0 Å². The number of alkyl halides is 1. The van der Waals surface area contributed by atoms with Crippen molar-refractivity contribution in [1.29, 1.82) is 0 Å². The topological polar surface area (TPSA) is 20.2 Å². The fourth-order valence-electron chi connectivity index (χ4n) is 1.73. The molecule has 2 aromatic rings. The fourth-order valence-corrected chi connectivity index (χ4v) is 2.38. The molecule has 16 heavy (non-hydrogen) atoms. The molecule has 1 N–H and O–H groups in total. The van der Waals surface area contributed by atoms with Crippen LogP contribution in [-0.2, 0) is 12.5 Å². The van der Waals surface area contributed by atoms with Crippen LogP contribution in [0.1, 0.15) is 11.1 Å². The Labute approximate surface area is 109 Å². The highest BCUT2D eigenvalue weighted by molar-refractivity contribution is 6.42. The van der Waals surface area contributed by atoms with Gasteiger partial charge in [0.2, 0.25) is 0 Å². The maximum Gasteiger partial charge on any atom is 0.0685 e. The molecule has 0 aliphatic carbocycles. The number of benzene rings is 2. The van der Waals surface area contributed by atoms with Crippen molar-refractivity contribution in [3.63, 3.8) is 0 Å². The van der Waals surface area contributed by atoms with Crippen molar-refractivity contribution in [3.05, 3.63) is 45.4 Å². The second-order valence-electron chi connectivity index (χ2n) is 3.48. The molecule has 2 aromatic carbocycles. The summed E-state index contributed by atoms with van der Waals surface area (Å²) in [5.74, 6) is 0.338. The number of fused-ring (bicyclic) bond motifs is 1. The Balaban J connectivity index is 2.81. The van der Waals surface area contributed by atoms with Gasteiger partial charge in [0.15, 0.2) is 0 Å². The minimum Gasteiger partial charge on any atom is -0.392 e. The maximum absolute atomic E-state index is 9.22. The molecule has 0 aromatic heterocycles. The summed E-state index contributed by atoms with van der Waals surface area (Å²) >= 11 is 17.8. The molecule has 0 radical (unpaired) electrons. The summed E-state index contributed by atoms with van der Waals surface area (Å²) in [6, 6.07) is 7.34. The third-order valence-electron chi connectivity index (χ3n) is 2.57. The normalized spacial score (nSPS) is 11.0. The van der Waals surface area contributed by atoms with E-state index in [0.717, 1.165) is 21.9 Å². The molecule has 0 bridgehead atoms. The lowest BCUT2D eigenvalue weighted by molar-refractivity contribution is 0.281. The molecule has 0 atom stereocenters. The van der Waals surface area contributed by atoms with Crippen molar-refractivity contribution in [2.75, 3.05) is 0 Å². The first-order chi connectivity index (χ1) is 7.67. The summed E-state index contributed by atoms with van der Waals surface area (Å²) in [7, 11) is 0. The smallest absolute Gasteiger partial charge is 0.0685 e. The van der Waals surface area contributed by atoms with Gasteiger partial charge in [-0.1, -0.05) is 35.3 Å². The predicted octanol–water partition coefficient (Wildman–Crippen LogP) is 4.38. The van der Waals surface area contributed by atoms with Crippen LogP contribution in [0.25, 0.3) is 10.8 Å². The van der Waals surface area contributed by atoms with E-state index in [1.54, 1.807) is 12.1 Å². The van der Waals surface area contributed by atoms with Crippen LogP contribution in [0.5, 0.6) is 0 Å². The van der Waals surface area contributed by atoms with E-state index in [9.17, 15) is 5.11 Å². The summed E-state index contributed by atoms with van der Waals surface area (Å²) in [5.41, 5.74) is 1.72. The summed E-state index contributed by atoms with van der Waals surface area (Å²) in [4.78, 5) is 0. The first-order valence-electron chi connectivity index (χ1n) is 4.73. The van der Waals surface area contributed by atoms with Crippen molar-refractivity contribution in [2.24, 2.45) is 0 Å². The first-order valence-corrected chi connectivity index (χ1v) is 6.02. The molecule has 0 heterocycles. The van der Waals surface area contributed by atoms with Crippen molar-refractivity contribution in [3.8, 4) is 0 Å². The van der Waals surface area contributed by atoms with Crippen LogP contribution in [0.3, 0.4) is 0 Å². The molecule has 84 valence electrons. The van der Waals surface area contributed by atoms with Crippen molar-refractivity contribution in [2.45, 2.75) is 12.5 Å². The van der Waals surface area contributed by atoms with Crippen molar-refractivity contribution in [1.82, 2.24) is 0 Å². The minimum atomic E-state index is -0.0295. The van der Waals surface area contributed by atoms with E-state index in [4.69, 9.17) is 34.8 Å². The molecular weight excluding hydrogens is 266 g/mol. The van der Waals surface area contributed by atoms with Gasteiger partial charge in [0.05, 0.1) is 16.7 Å². The average molecular weight is 276 g/mol. The zero-order valence-corrected chi connectivity index (χ0v) is 10.6. The molecule has 2 rings (SSSR count). The average Bonchev–Trinajstić information content (AvgIpc) is 2.29. The molecule has 0 aliphatic rings. The standard InChI is InChI=1S/C12H9Cl3O/c13-5-10-8(6-16)2-1-7-3-11(14)12(15)4-9(7)10/h1-4,16H,5-6H2. The van der Waals surface area contributed by atoms with Crippen LogP contribution < -0.4 is 0 Å². The van der Waals surface area contributed by atoms with E-state index in [-0.39, 0.29) is 6.61 Å². The van der Waals surface area contributed by atoms with Crippen LogP contribution >= 0.6 is 34.8 Å². The van der Waals surface area contributed by atoms with E-state index in [1.165, 1.54) is 0 Å². The zero-order chi connectivity index (χ0) is 11.7. The van der Waals surface area contributed by atoms with Crippen molar-refractivity contribution < 1.29 is 5.11 Å². The van der Waals surface area contributed by atoms with Gasteiger partial charge in [-0.25, -0.2) is 0 Å². The molecule has 0 fully saturated rings. The van der Waals surface area contributed by atoms with Crippen LogP contribution in [0, 0.1) is 0 Å². The van der Waals surface area contributed by atoms with E-state index in [1.807, 2.05) is 12.1 Å². The van der Waals surface area contributed by atoms with Crippen LogP contribution in [0.2, 0.25) is 10.0 Å². The van der Waals surface area contributed by atoms with E-state index < -0.39 is 0 Å². The van der Waals surface area contributed by atoms with Gasteiger partial charge in [-0.05, 0) is 34.0 Å². The van der Waals surface area contributed by atoms with Gasteiger partial charge in [0.1, 0.15) is 0 Å². The molecular formula is C12H9Cl3O. The van der Waals surface area contributed by atoms with Gasteiger partial charge in [-0.15, -0.1) is 11.6 Å². The van der Waals surface area contributed by atoms with Crippen molar-refractivity contribution >= 4 is 45.6 Å². The fraction of sp³-hybridized carbons (Fsp3) is 0.167. The largest absolute Gasteiger partial charge is 0.392 e. The van der Waals surface area contributed by atoms with Gasteiger partial charge in [-0.3, -0.25) is 0 Å². The molecule has 0 amide bonds. The van der Waals surface area contributed by atoms with Gasteiger partial charge >= 0.3 is 0 Å². The van der Waals surface area contributed by atoms with E-state index in [0.29, 0.717) is 15.9 Å². The van der Waals surface area contributed by atoms with E-state index in [2.05, 4.69) is 0 Å². The number of aliphatic hydroxyl groups is 1. The number of aliphatic hydroxyl groups excluding tert-OH is 1. The SMILES string of the molecule is OCc1ccc2cc(Cl)c(Cl)cc2c1CCl. The highest BCUT2D eigenvalue weighted by atomic mass is 35.5. The summed E-state index contributed by atoms with van der Waals surface area (Å²) in [6.45, 7) is -0.0295. The van der Waals surface area contributed by atoms with Gasteiger partial charge in [0, 0.05) is 5.88 Å². The highest BCUT2D eigenvalue weighted by Crippen LogP contribution is 2.31. The Morgan fingerprint density at radius 1 is 1.06 bits per heavy atom. The summed E-state index contributed by atoms with van der Waals surface area (Å²) in [5, 5.41) is 12.1. The Bertz CT molecular complexity index is 537. The second kappa shape index (κ2) is 4.80. The number of rotatable bonds is 2. The second-order valence-corrected chi connectivity index (χ2v) is 4.56. The molecule has 0 aliphatic heterocycles. The molecule has 0 saturated carbocycles. The lowest BCUT2D eigenvalue weighted by Crippen LogP contribution is -1.93. The predicted molar refractivity (Wildman–Crippen MR) is 69.4 cm³/mol. The molecule has 4 heteroatoms. The molecule has 1 nitrogen and oxygen atoms in total. The first kappa shape index (κ1) is 12.0. The number of halogens is 3. The molecule has 0 unspecified atom stereocenters. The van der Waals surface area contributed by atoms with Crippen LogP contribution in [0.15, 0.2) is 24.3 Å². The Hall–Kier alpha value is -0.470. The third kappa shape index (κ3) is 2.01. The molecule has 0 spiro atoms. The monoisotopic (exact) mass is 274 g/mol. The van der Waals surface area contributed by atoms with Crippen LogP contribution in [-0.4, -0.2) is 5.11 Å². The Kier molecular flexibility index (Phi) is 3.60. The lowest BCUT2D eigenvalue weighted by atomic mass is 10.0. The number of hydrogen-bond acceptors (Lipinski definition) is 1. The highest BCUT2D eigenvalue weighted by Gasteiger charge is 2.08. The number of hydrogen-bond donors (Lipinski definition) is 1. The lowest BCUT2D eigenvalue weighted by Gasteiger charge is -2.10. The van der Waals surface area contributed by atoms with E-state index >= 15 is 0 Å². The van der Waals surface area contributed by atoms with Gasteiger partial charge in [-0.2, -0.15) is 0 Å². The third-order valence-corrected chi connectivity index (χ3v) is 3.56. The minimum absolute atomic E-state index is 0.0295. The quantitative estimate of drug-likeness (QED) is 0.807. The Morgan fingerprint density at radius 3 is 2.38 bits per heavy atom. The zero-order valence-electron chi connectivity index (χ0n) is 8.30. The summed E-state index contributed by atoms with van der Waals surface area (Å²) < 4.78 is 0. The molecule has 0 saturated heterocycles. The maximum atomic E-state index is 9.22. The van der Waals surface area contributed by atoms with Gasteiger partial charge < -0.3 is 5.11 Å².